The van der Waals surface area contributed by atoms with Crippen molar-refractivity contribution < 1.29 is 0 Å². The molecule has 0 spiro atoms. The highest BCUT2D eigenvalue weighted by Gasteiger charge is 2.36. The van der Waals surface area contributed by atoms with E-state index >= 15 is 0 Å². The average molecular weight is 445 g/mol. The zero-order valence-electron chi connectivity index (χ0n) is 19.9. The molecule has 0 unspecified atom stereocenters. The molecule has 0 heterocycles. The van der Waals surface area contributed by atoms with Crippen LogP contribution in [0.1, 0.15) is 25.0 Å². The summed E-state index contributed by atoms with van der Waals surface area (Å²) in [6, 6.07) is 40.8. The van der Waals surface area contributed by atoms with Crippen molar-refractivity contribution in [3.8, 4) is 44.5 Å². The van der Waals surface area contributed by atoms with Crippen LogP contribution in [0.5, 0.6) is 0 Å². The van der Waals surface area contributed by atoms with Gasteiger partial charge in [0.1, 0.15) is 0 Å². The maximum absolute atomic E-state index is 2.45. The molecule has 0 heteroatoms. The molecule has 0 nitrogen and oxygen atoms in total. The molecule has 164 valence electrons. The first kappa shape index (κ1) is 19.2. The number of benzene rings is 6. The van der Waals surface area contributed by atoms with Gasteiger partial charge in [-0.25, -0.2) is 0 Å². The summed E-state index contributed by atoms with van der Waals surface area (Å²) in [5.74, 6) is 0. The van der Waals surface area contributed by atoms with Crippen molar-refractivity contribution in [1.82, 2.24) is 0 Å². The van der Waals surface area contributed by atoms with Gasteiger partial charge in [0.2, 0.25) is 0 Å². The second-order valence-electron chi connectivity index (χ2n) is 10.5. The predicted molar refractivity (Wildman–Crippen MR) is 149 cm³/mol. The van der Waals surface area contributed by atoms with Gasteiger partial charge >= 0.3 is 0 Å². The zero-order chi connectivity index (χ0) is 23.3. The van der Waals surface area contributed by atoms with Gasteiger partial charge in [-0.3, -0.25) is 0 Å². The largest absolute Gasteiger partial charge is 0.0616 e. The highest BCUT2D eigenvalue weighted by atomic mass is 14.4. The fourth-order valence-corrected chi connectivity index (χ4v) is 6.73. The second kappa shape index (κ2) is 6.49. The third kappa shape index (κ3) is 2.37. The van der Waals surface area contributed by atoms with E-state index in [-0.39, 0.29) is 5.41 Å². The number of hydrogen-bond acceptors (Lipinski definition) is 0. The van der Waals surface area contributed by atoms with Crippen LogP contribution >= 0.6 is 0 Å². The minimum absolute atomic E-state index is 0.0884. The Morgan fingerprint density at radius 2 is 1.03 bits per heavy atom. The Morgan fingerprint density at radius 1 is 0.429 bits per heavy atom. The quantitative estimate of drug-likeness (QED) is 0.236. The van der Waals surface area contributed by atoms with Gasteiger partial charge in [0.15, 0.2) is 0 Å². The summed E-state index contributed by atoms with van der Waals surface area (Å²) in [4.78, 5) is 0. The molecule has 0 N–H and O–H groups in total. The van der Waals surface area contributed by atoms with E-state index in [0.717, 1.165) is 0 Å². The van der Waals surface area contributed by atoms with E-state index < -0.39 is 0 Å². The highest BCUT2D eigenvalue weighted by Crippen LogP contribution is 2.56. The summed E-state index contributed by atoms with van der Waals surface area (Å²) < 4.78 is 0. The van der Waals surface area contributed by atoms with Gasteiger partial charge in [-0.15, -0.1) is 0 Å². The van der Waals surface area contributed by atoms with Crippen LogP contribution in [0.2, 0.25) is 0 Å². The van der Waals surface area contributed by atoms with Crippen LogP contribution in [0.3, 0.4) is 0 Å². The molecule has 6 aromatic rings. The number of hydrogen-bond donors (Lipinski definition) is 0. The van der Waals surface area contributed by atoms with E-state index in [0.29, 0.717) is 0 Å². The first-order valence-electron chi connectivity index (χ1n) is 12.5. The number of rotatable bonds is 1. The van der Waals surface area contributed by atoms with Crippen molar-refractivity contribution in [1.29, 1.82) is 0 Å². The third-order valence-electron chi connectivity index (χ3n) is 8.43. The summed E-state index contributed by atoms with van der Waals surface area (Å²) in [5.41, 5.74) is 13.6. The van der Waals surface area contributed by atoms with E-state index in [2.05, 4.69) is 123 Å². The molecule has 6 aromatic carbocycles. The first-order valence-corrected chi connectivity index (χ1v) is 12.5. The SMILES string of the molecule is CC1(C)c2cc(-c3cccc4ccccc34)ccc2-c2ccc3c4c(ccc1c24)-c1ccccc1-3. The molecule has 35 heavy (non-hydrogen) atoms. The van der Waals surface area contributed by atoms with Crippen molar-refractivity contribution in [3.05, 3.63) is 120 Å². The van der Waals surface area contributed by atoms with Crippen molar-refractivity contribution in [2.75, 3.05) is 0 Å². The second-order valence-corrected chi connectivity index (χ2v) is 10.5. The van der Waals surface area contributed by atoms with E-state index in [1.807, 2.05) is 0 Å². The Kier molecular flexibility index (Phi) is 3.56. The summed E-state index contributed by atoms with van der Waals surface area (Å²) in [7, 11) is 0. The van der Waals surface area contributed by atoms with Crippen LogP contribution in [0.4, 0.5) is 0 Å². The summed E-state index contributed by atoms with van der Waals surface area (Å²) in [6.45, 7) is 4.79. The molecule has 0 atom stereocenters. The fraction of sp³-hybridized carbons (Fsp3) is 0.0857. The van der Waals surface area contributed by atoms with E-state index in [4.69, 9.17) is 0 Å². The van der Waals surface area contributed by atoms with Crippen molar-refractivity contribution >= 4 is 21.5 Å². The molecule has 2 aliphatic rings. The topological polar surface area (TPSA) is 0 Å². The smallest absolute Gasteiger partial charge is 0.0159 e. The molecule has 0 fully saturated rings. The van der Waals surface area contributed by atoms with Crippen LogP contribution in [0.15, 0.2) is 109 Å². The highest BCUT2D eigenvalue weighted by molar-refractivity contribution is 6.21. The molecule has 0 saturated heterocycles. The van der Waals surface area contributed by atoms with Gasteiger partial charge < -0.3 is 0 Å². The third-order valence-corrected chi connectivity index (χ3v) is 8.43. The molecule has 0 amide bonds. The van der Waals surface area contributed by atoms with Crippen LogP contribution in [-0.2, 0) is 5.41 Å². The summed E-state index contributed by atoms with van der Waals surface area (Å²) in [6.07, 6.45) is 0. The lowest BCUT2D eigenvalue weighted by molar-refractivity contribution is 0.645. The predicted octanol–water partition coefficient (Wildman–Crippen LogP) is 9.61. The zero-order valence-corrected chi connectivity index (χ0v) is 19.9. The Morgan fingerprint density at radius 3 is 1.83 bits per heavy atom. The van der Waals surface area contributed by atoms with Crippen molar-refractivity contribution in [2.24, 2.45) is 0 Å². The van der Waals surface area contributed by atoms with Gasteiger partial charge in [-0.2, -0.15) is 0 Å². The summed E-state index contributed by atoms with van der Waals surface area (Å²) >= 11 is 0. The standard InChI is InChI=1S/C35H24/c1-35(2)31-19-18-29-26-12-6-5-11-25(26)28-16-17-30(34(31)33(28)29)27-15-14-22(20-32(27)35)24-13-7-9-21-8-3-4-10-23(21)24/h3-20H,1-2H3. The molecule has 0 saturated carbocycles. The van der Waals surface area contributed by atoms with Gasteiger partial charge in [-0.1, -0.05) is 117 Å². The van der Waals surface area contributed by atoms with Crippen molar-refractivity contribution in [2.45, 2.75) is 19.3 Å². The normalized spacial score (nSPS) is 14.2. The lowest BCUT2D eigenvalue weighted by atomic mass is 9.67. The number of fused-ring (bicyclic) bond motifs is 6. The van der Waals surface area contributed by atoms with Gasteiger partial charge in [-0.05, 0) is 83.2 Å². The Labute approximate surface area is 205 Å². The van der Waals surface area contributed by atoms with Crippen LogP contribution in [0, 0.1) is 0 Å². The van der Waals surface area contributed by atoms with Gasteiger partial charge in [0, 0.05) is 5.41 Å². The van der Waals surface area contributed by atoms with Crippen LogP contribution < -0.4 is 0 Å². The Bertz CT molecular complexity index is 1830. The molecular weight excluding hydrogens is 420 g/mol. The summed E-state index contributed by atoms with van der Waals surface area (Å²) in [5, 5.41) is 5.46. The van der Waals surface area contributed by atoms with Crippen LogP contribution in [-0.4, -0.2) is 0 Å². The van der Waals surface area contributed by atoms with E-state index in [1.165, 1.54) is 77.2 Å². The van der Waals surface area contributed by atoms with E-state index in [1.54, 1.807) is 0 Å². The molecule has 0 aliphatic heterocycles. The maximum Gasteiger partial charge on any atom is 0.0159 e. The molecular formula is C35H24. The average Bonchev–Trinajstić information content (AvgIpc) is 3.23. The lowest BCUT2D eigenvalue weighted by Crippen LogP contribution is -2.23. The lowest BCUT2D eigenvalue weighted by Gasteiger charge is -2.36. The molecule has 0 radical (unpaired) electrons. The Balaban J connectivity index is 1.43. The Hall–Kier alpha value is -4.16. The van der Waals surface area contributed by atoms with Gasteiger partial charge in [0.05, 0.1) is 0 Å². The molecule has 0 aromatic heterocycles. The van der Waals surface area contributed by atoms with Crippen LogP contribution in [0.25, 0.3) is 66.1 Å². The minimum Gasteiger partial charge on any atom is -0.0616 e. The minimum atomic E-state index is -0.0884. The maximum atomic E-state index is 2.45. The van der Waals surface area contributed by atoms with E-state index in [9.17, 15) is 0 Å². The monoisotopic (exact) mass is 444 g/mol. The first-order chi connectivity index (χ1) is 17.1. The molecule has 0 bridgehead atoms. The van der Waals surface area contributed by atoms with Crippen molar-refractivity contribution in [3.63, 3.8) is 0 Å². The molecule has 8 rings (SSSR count). The fourth-order valence-electron chi connectivity index (χ4n) is 6.73. The van der Waals surface area contributed by atoms with Gasteiger partial charge in [0.25, 0.3) is 0 Å². The molecule has 2 aliphatic carbocycles.